The minimum Gasteiger partial charge on any atom is -0.318 e. The number of aromatic nitrogens is 1. The van der Waals surface area contributed by atoms with E-state index < -0.39 is 15.9 Å². The molecule has 0 atom stereocenters. The van der Waals surface area contributed by atoms with Crippen molar-refractivity contribution in [2.45, 2.75) is 18.7 Å². The number of hydrogen-bond acceptors (Lipinski definition) is 5. The van der Waals surface area contributed by atoms with E-state index in [2.05, 4.69) is 5.92 Å². The first kappa shape index (κ1) is 19.9. The number of imide groups is 1. The van der Waals surface area contributed by atoms with Crippen molar-refractivity contribution in [1.82, 2.24) is 9.47 Å². The van der Waals surface area contributed by atoms with Gasteiger partial charge in [-0.1, -0.05) is 5.92 Å². The molecule has 0 radical (unpaired) electrons. The molecule has 0 aliphatic carbocycles. The average molecular weight is 415 g/mol. The summed E-state index contributed by atoms with van der Waals surface area (Å²) in [7, 11) is -3.76. The normalized spacial score (nSPS) is 16.1. The van der Waals surface area contributed by atoms with Crippen LogP contribution in [0, 0.1) is 26.2 Å². The summed E-state index contributed by atoms with van der Waals surface area (Å²) in [4.78, 5) is 25.7. The number of hydrogen-bond donors (Lipinski definition) is 1. The largest absolute Gasteiger partial charge is 0.318 e. The third-order valence-corrected chi connectivity index (χ3v) is 6.14. The molecule has 2 aromatic rings. The number of rotatable bonds is 4. The molecular formula is C19H17N3O4S2. The van der Waals surface area contributed by atoms with Gasteiger partial charge in [0.25, 0.3) is 11.1 Å². The highest BCUT2D eigenvalue weighted by molar-refractivity contribution is 8.18. The molecule has 2 amide bonds. The minimum atomic E-state index is -3.76. The van der Waals surface area contributed by atoms with Gasteiger partial charge in [-0.05, 0) is 67.6 Å². The number of aryl methyl sites for hydroxylation is 1. The Morgan fingerprint density at radius 1 is 1.21 bits per heavy atom. The number of carbonyl (C=O) groups is 2. The predicted octanol–water partition coefficient (Wildman–Crippen LogP) is 2.41. The van der Waals surface area contributed by atoms with Crippen molar-refractivity contribution in [3.05, 3.63) is 52.2 Å². The first-order chi connectivity index (χ1) is 13.1. The smallest absolute Gasteiger partial charge is 0.294 e. The Labute approximate surface area is 167 Å². The molecule has 1 aliphatic heterocycles. The maximum absolute atomic E-state index is 12.4. The Bertz CT molecular complexity index is 1150. The number of terminal acetylenes is 1. The Balaban J connectivity index is 1.98. The topological polar surface area (TPSA) is 102 Å². The van der Waals surface area contributed by atoms with Gasteiger partial charge in [0.1, 0.15) is 0 Å². The van der Waals surface area contributed by atoms with E-state index in [1.54, 1.807) is 18.2 Å². The SMILES string of the molecule is C#CCN1C(=O)SC(=Cc2cc(C)n(-c3ccc(S(N)(=O)=O)cc3)c2C)C1=O. The fourth-order valence-corrected chi connectivity index (χ4v) is 4.33. The Morgan fingerprint density at radius 2 is 1.86 bits per heavy atom. The lowest BCUT2D eigenvalue weighted by atomic mass is 10.2. The molecule has 0 bridgehead atoms. The zero-order valence-corrected chi connectivity index (χ0v) is 16.8. The Morgan fingerprint density at radius 3 is 2.43 bits per heavy atom. The zero-order valence-electron chi connectivity index (χ0n) is 15.2. The van der Waals surface area contributed by atoms with E-state index in [1.165, 1.54) is 12.1 Å². The number of amides is 2. The van der Waals surface area contributed by atoms with Crippen molar-refractivity contribution in [1.29, 1.82) is 0 Å². The molecule has 1 aliphatic rings. The number of nitrogens with zero attached hydrogens (tertiary/aromatic N) is 2. The van der Waals surface area contributed by atoms with E-state index in [0.717, 1.165) is 39.3 Å². The van der Waals surface area contributed by atoms with Crippen molar-refractivity contribution < 1.29 is 18.0 Å². The molecule has 1 aromatic heterocycles. The number of primary sulfonamides is 1. The molecule has 28 heavy (non-hydrogen) atoms. The number of benzene rings is 1. The van der Waals surface area contributed by atoms with E-state index in [4.69, 9.17) is 11.6 Å². The van der Waals surface area contributed by atoms with Crippen LogP contribution in [0.4, 0.5) is 4.79 Å². The third kappa shape index (κ3) is 3.62. The lowest BCUT2D eigenvalue weighted by Gasteiger charge is -2.10. The second-order valence-corrected chi connectivity index (χ2v) is 8.73. The van der Waals surface area contributed by atoms with Crippen LogP contribution in [-0.4, -0.2) is 35.6 Å². The lowest BCUT2D eigenvalue weighted by Crippen LogP contribution is -2.28. The van der Waals surface area contributed by atoms with Crippen LogP contribution < -0.4 is 5.14 Å². The highest BCUT2D eigenvalue weighted by Crippen LogP contribution is 2.33. The van der Waals surface area contributed by atoms with E-state index in [9.17, 15) is 18.0 Å². The van der Waals surface area contributed by atoms with Crippen LogP contribution in [-0.2, 0) is 14.8 Å². The number of thioether (sulfide) groups is 1. The molecular weight excluding hydrogens is 398 g/mol. The van der Waals surface area contributed by atoms with Gasteiger partial charge in [-0.15, -0.1) is 6.42 Å². The van der Waals surface area contributed by atoms with Gasteiger partial charge >= 0.3 is 0 Å². The summed E-state index contributed by atoms with van der Waals surface area (Å²) < 4.78 is 24.8. The second kappa shape index (κ2) is 7.31. The fraction of sp³-hybridized carbons (Fsp3) is 0.158. The van der Waals surface area contributed by atoms with Gasteiger partial charge in [0.05, 0.1) is 16.3 Å². The number of carbonyl (C=O) groups excluding carboxylic acids is 2. The summed E-state index contributed by atoms with van der Waals surface area (Å²) in [5, 5.41) is 4.75. The van der Waals surface area contributed by atoms with Crippen LogP contribution in [0.5, 0.6) is 0 Å². The minimum absolute atomic E-state index is 0.0288. The van der Waals surface area contributed by atoms with Crippen LogP contribution in [0.25, 0.3) is 11.8 Å². The Hall–Kier alpha value is -2.80. The summed E-state index contributed by atoms with van der Waals surface area (Å²) in [5.41, 5.74) is 3.25. The standard InChI is InChI=1S/C19H17N3O4S2/c1-4-9-21-18(23)17(27-19(21)24)11-14-10-12(2)22(13(14)3)15-5-7-16(8-6-15)28(20,25)26/h1,5-8,10-11H,9H2,2-3H3,(H2,20,25,26). The van der Waals surface area contributed by atoms with Crippen molar-refractivity contribution >= 4 is 39.0 Å². The zero-order chi connectivity index (χ0) is 20.6. The number of nitrogens with two attached hydrogens (primary N) is 1. The van der Waals surface area contributed by atoms with E-state index >= 15 is 0 Å². The van der Waals surface area contributed by atoms with Gasteiger partial charge in [-0.3, -0.25) is 14.5 Å². The van der Waals surface area contributed by atoms with E-state index in [1.807, 2.05) is 24.5 Å². The second-order valence-electron chi connectivity index (χ2n) is 6.17. The average Bonchev–Trinajstić information content (AvgIpc) is 3.05. The maximum Gasteiger partial charge on any atom is 0.294 e. The van der Waals surface area contributed by atoms with Crippen LogP contribution in [0.15, 0.2) is 40.1 Å². The van der Waals surface area contributed by atoms with Crippen molar-refractivity contribution in [3.63, 3.8) is 0 Å². The summed E-state index contributed by atoms with van der Waals surface area (Å²) in [5.74, 6) is 1.90. The van der Waals surface area contributed by atoms with E-state index in [-0.39, 0.29) is 16.7 Å². The first-order valence-corrected chi connectivity index (χ1v) is 10.5. The van der Waals surface area contributed by atoms with Crippen LogP contribution in [0.3, 0.4) is 0 Å². The van der Waals surface area contributed by atoms with Gasteiger partial charge in [0.15, 0.2) is 0 Å². The number of sulfonamides is 1. The monoisotopic (exact) mass is 415 g/mol. The molecule has 9 heteroatoms. The molecule has 3 rings (SSSR count). The first-order valence-electron chi connectivity index (χ1n) is 8.14. The van der Waals surface area contributed by atoms with Gasteiger partial charge < -0.3 is 4.57 Å². The molecule has 1 fully saturated rings. The molecule has 7 nitrogen and oxygen atoms in total. The van der Waals surface area contributed by atoms with Crippen LogP contribution in [0.1, 0.15) is 17.0 Å². The molecule has 0 unspecified atom stereocenters. The highest BCUT2D eigenvalue weighted by atomic mass is 32.2. The summed E-state index contributed by atoms with van der Waals surface area (Å²) in [6.45, 7) is 3.71. The van der Waals surface area contributed by atoms with Crippen LogP contribution in [0.2, 0.25) is 0 Å². The molecule has 2 N–H and O–H groups in total. The maximum atomic E-state index is 12.4. The predicted molar refractivity (Wildman–Crippen MR) is 108 cm³/mol. The molecule has 0 spiro atoms. The van der Waals surface area contributed by atoms with Gasteiger partial charge in [0, 0.05) is 17.1 Å². The molecule has 1 saturated heterocycles. The van der Waals surface area contributed by atoms with E-state index in [0.29, 0.717) is 4.91 Å². The summed E-state index contributed by atoms with van der Waals surface area (Å²) >= 11 is 0.854. The molecule has 144 valence electrons. The summed E-state index contributed by atoms with van der Waals surface area (Å²) in [6.07, 6.45) is 6.87. The van der Waals surface area contributed by atoms with Gasteiger partial charge in [0.2, 0.25) is 10.0 Å². The quantitative estimate of drug-likeness (QED) is 0.610. The molecule has 0 saturated carbocycles. The van der Waals surface area contributed by atoms with Crippen LogP contribution >= 0.6 is 11.8 Å². The Kier molecular flexibility index (Phi) is 5.21. The van der Waals surface area contributed by atoms with Gasteiger partial charge in [-0.2, -0.15) is 0 Å². The summed E-state index contributed by atoms with van der Waals surface area (Å²) in [6, 6.07) is 8.08. The molecule has 2 heterocycles. The van der Waals surface area contributed by atoms with Gasteiger partial charge in [-0.25, -0.2) is 13.6 Å². The highest BCUT2D eigenvalue weighted by Gasteiger charge is 2.34. The van der Waals surface area contributed by atoms with Crippen molar-refractivity contribution in [2.75, 3.05) is 6.54 Å². The lowest BCUT2D eigenvalue weighted by molar-refractivity contribution is -0.122. The van der Waals surface area contributed by atoms with Crippen molar-refractivity contribution in [3.8, 4) is 18.0 Å². The fourth-order valence-electron chi connectivity index (χ4n) is 2.98. The molecule has 1 aromatic carbocycles. The third-order valence-electron chi connectivity index (χ3n) is 4.30. The van der Waals surface area contributed by atoms with Crippen molar-refractivity contribution in [2.24, 2.45) is 5.14 Å².